The number of para-hydroxylation sites is 1. The van der Waals surface area contributed by atoms with Gasteiger partial charge in [-0.15, -0.1) is 0 Å². The lowest BCUT2D eigenvalue weighted by atomic mass is 9.98. The Morgan fingerprint density at radius 3 is 2.84 bits per heavy atom. The predicted molar refractivity (Wildman–Crippen MR) is 72.6 cm³/mol. The molecule has 0 aromatic heterocycles. The summed E-state index contributed by atoms with van der Waals surface area (Å²) in [5.74, 6) is 0.661. The molecule has 3 rings (SSSR count). The molecule has 2 aliphatic rings. The molecule has 3 heteroatoms. The van der Waals surface area contributed by atoms with Gasteiger partial charge in [0.05, 0.1) is 17.3 Å². The molecule has 1 aromatic carbocycles. The van der Waals surface area contributed by atoms with Crippen LogP contribution in [0.3, 0.4) is 0 Å². The Morgan fingerprint density at radius 1 is 1.26 bits per heavy atom. The second-order valence-corrected chi connectivity index (χ2v) is 5.64. The van der Waals surface area contributed by atoms with Gasteiger partial charge in [-0.25, -0.2) is 0 Å². The van der Waals surface area contributed by atoms with Crippen LogP contribution in [0.15, 0.2) is 24.3 Å². The van der Waals surface area contributed by atoms with E-state index in [0.717, 1.165) is 19.1 Å². The van der Waals surface area contributed by atoms with Crippen LogP contribution in [0.2, 0.25) is 0 Å². The van der Waals surface area contributed by atoms with Crippen molar-refractivity contribution in [2.75, 3.05) is 6.61 Å². The van der Waals surface area contributed by atoms with Crippen molar-refractivity contribution < 1.29 is 14.3 Å². The molecule has 1 saturated carbocycles. The molecule has 1 saturated heterocycles. The molecule has 1 aliphatic heterocycles. The minimum Gasteiger partial charge on any atom is -0.490 e. The normalized spacial score (nSPS) is 24.7. The number of aldehydes is 1. The van der Waals surface area contributed by atoms with Gasteiger partial charge in [0.15, 0.2) is 6.29 Å². The van der Waals surface area contributed by atoms with E-state index in [0.29, 0.717) is 17.9 Å². The molecule has 1 atom stereocenters. The van der Waals surface area contributed by atoms with E-state index in [1.807, 2.05) is 18.2 Å². The van der Waals surface area contributed by atoms with Crippen molar-refractivity contribution >= 4 is 6.29 Å². The van der Waals surface area contributed by atoms with Crippen molar-refractivity contribution in [1.29, 1.82) is 0 Å². The molecule has 1 unspecified atom stereocenters. The quantitative estimate of drug-likeness (QED) is 0.779. The maximum absolute atomic E-state index is 10.9. The number of ether oxygens (including phenoxy) is 2. The number of hydrogen-bond donors (Lipinski definition) is 0. The van der Waals surface area contributed by atoms with Gasteiger partial charge < -0.3 is 9.47 Å². The second kappa shape index (κ2) is 5.33. The van der Waals surface area contributed by atoms with Crippen LogP contribution in [0.25, 0.3) is 0 Å². The lowest BCUT2D eigenvalue weighted by molar-refractivity contribution is -0.0509. The SMILES string of the molecule is O=Cc1ccccc1OCC1CCC2(CCCC2)O1. The van der Waals surface area contributed by atoms with Crippen LogP contribution in [0, 0.1) is 0 Å². The van der Waals surface area contributed by atoms with E-state index in [-0.39, 0.29) is 11.7 Å². The Balaban J connectivity index is 1.57. The number of carbonyl (C=O) groups is 1. The first-order valence-electron chi connectivity index (χ1n) is 7.16. The van der Waals surface area contributed by atoms with Gasteiger partial charge in [0.1, 0.15) is 12.4 Å². The monoisotopic (exact) mass is 260 g/mol. The topological polar surface area (TPSA) is 35.5 Å². The number of carbonyl (C=O) groups excluding carboxylic acids is 1. The molecule has 0 bridgehead atoms. The van der Waals surface area contributed by atoms with Gasteiger partial charge in [-0.2, -0.15) is 0 Å². The molecule has 1 aliphatic carbocycles. The highest BCUT2D eigenvalue weighted by Crippen LogP contribution is 2.43. The Hall–Kier alpha value is -1.35. The van der Waals surface area contributed by atoms with Crippen LogP contribution >= 0.6 is 0 Å². The molecule has 19 heavy (non-hydrogen) atoms. The summed E-state index contributed by atoms with van der Waals surface area (Å²) in [5, 5.41) is 0. The van der Waals surface area contributed by atoms with E-state index in [2.05, 4.69) is 0 Å². The van der Waals surface area contributed by atoms with Gasteiger partial charge in [0, 0.05) is 0 Å². The smallest absolute Gasteiger partial charge is 0.153 e. The molecule has 0 amide bonds. The number of benzene rings is 1. The zero-order valence-electron chi connectivity index (χ0n) is 11.1. The lowest BCUT2D eigenvalue weighted by Crippen LogP contribution is -2.27. The lowest BCUT2D eigenvalue weighted by Gasteiger charge is -2.23. The summed E-state index contributed by atoms with van der Waals surface area (Å²) >= 11 is 0. The third-order valence-electron chi connectivity index (χ3n) is 4.32. The standard InChI is InChI=1S/C16H20O3/c17-11-13-5-1-2-6-15(13)18-12-14-7-10-16(19-14)8-3-4-9-16/h1-2,5-6,11,14H,3-4,7-10,12H2. The zero-order valence-corrected chi connectivity index (χ0v) is 11.1. The van der Waals surface area contributed by atoms with E-state index in [1.54, 1.807) is 6.07 Å². The van der Waals surface area contributed by atoms with Crippen LogP contribution < -0.4 is 4.74 Å². The summed E-state index contributed by atoms with van der Waals surface area (Å²) in [6.07, 6.45) is 8.24. The number of rotatable bonds is 4. The maximum atomic E-state index is 10.9. The third kappa shape index (κ3) is 2.66. The fourth-order valence-corrected chi connectivity index (χ4v) is 3.29. The molecular formula is C16H20O3. The van der Waals surface area contributed by atoms with Crippen molar-refractivity contribution in [1.82, 2.24) is 0 Å². The molecule has 2 fully saturated rings. The molecule has 1 aromatic rings. The molecule has 1 spiro atoms. The van der Waals surface area contributed by atoms with Crippen LogP contribution in [0.5, 0.6) is 5.75 Å². The summed E-state index contributed by atoms with van der Waals surface area (Å²) < 4.78 is 12.0. The summed E-state index contributed by atoms with van der Waals surface area (Å²) in [7, 11) is 0. The first kappa shape index (κ1) is 12.7. The zero-order chi connectivity index (χ0) is 13.1. The van der Waals surface area contributed by atoms with Crippen molar-refractivity contribution in [2.45, 2.75) is 50.2 Å². The van der Waals surface area contributed by atoms with Crippen LogP contribution in [-0.2, 0) is 4.74 Å². The minimum atomic E-state index is 0.151. The minimum absolute atomic E-state index is 0.151. The van der Waals surface area contributed by atoms with E-state index in [9.17, 15) is 4.79 Å². The number of hydrogen-bond acceptors (Lipinski definition) is 3. The molecule has 1 heterocycles. The van der Waals surface area contributed by atoms with Gasteiger partial charge in [-0.3, -0.25) is 4.79 Å². The molecule has 0 radical (unpaired) electrons. The summed E-state index contributed by atoms with van der Waals surface area (Å²) in [6.45, 7) is 0.548. The highest BCUT2D eigenvalue weighted by Gasteiger charge is 2.42. The maximum Gasteiger partial charge on any atom is 0.153 e. The van der Waals surface area contributed by atoms with E-state index < -0.39 is 0 Å². The van der Waals surface area contributed by atoms with E-state index in [1.165, 1.54) is 25.7 Å². The summed E-state index contributed by atoms with van der Waals surface area (Å²) in [5.41, 5.74) is 0.758. The predicted octanol–water partition coefficient (Wildman–Crippen LogP) is 3.37. The van der Waals surface area contributed by atoms with Crippen LogP contribution in [0.4, 0.5) is 0 Å². The molecule has 102 valence electrons. The van der Waals surface area contributed by atoms with Gasteiger partial charge in [0.25, 0.3) is 0 Å². The highest BCUT2D eigenvalue weighted by molar-refractivity contribution is 5.79. The Kier molecular flexibility index (Phi) is 3.56. The first-order chi connectivity index (χ1) is 9.31. The Labute approximate surface area is 113 Å². The molecule has 0 N–H and O–H groups in total. The molecule has 3 nitrogen and oxygen atoms in total. The van der Waals surface area contributed by atoms with Gasteiger partial charge in [-0.05, 0) is 37.8 Å². The van der Waals surface area contributed by atoms with E-state index >= 15 is 0 Å². The average molecular weight is 260 g/mol. The fraction of sp³-hybridized carbons (Fsp3) is 0.562. The summed E-state index contributed by atoms with van der Waals surface area (Å²) in [6, 6.07) is 7.34. The first-order valence-corrected chi connectivity index (χ1v) is 7.16. The van der Waals surface area contributed by atoms with Crippen molar-refractivity contribution in [3.8, 4) is 5.75 Å². The highest BCUT2D eigenvalue weighted by atomic mass is 16.6. The Morgan fingerprint density at radius 2 is 2.05 bits per heavy atom. The van der Waals surface area contributed by atoms with Gasteiger partial charge >= 0.3 is 0 Å². The largest absolute Gasteiger partial charge is 0.490 e. The van der Waals surface area contributed by atoms with Crippen molar-refractivity contribution in [3.63, 3.8) is 0 Å². The van der Waals surface area contributed by atoms with Crippen LogP contribution in [0.1, 0.15) is 48.9 Å². The van der Waals surface area contributed by atoms with Crippen molar-refractivity contribution in [2.24, 2.45) is 0 Å². The fourth-order valence-electron chi connectivity index (χ4n) is 3.29. The third-order valence-corrected chi connectivity index (χ3v) is 4.32. The van der Waals surface area contributed by atoms with Crippen LogP contribution in [-0.4, -0.2) is 24.6 Å². The van der Waals surface area contributed by atoms with Gasteiger partial charge in [-0.1, -0.05) is 25.0 Å². The second-order valence-electron chi connectivity index (χ2n) is 5.64. The average Bonchev–Trinajstić information content (AvgIpc) is 3.07. The molecular weight excluding hydrogens is 240 g/mol. The van der Waals surface area contributed by atoms with Crippen molar-refractivity contribution in [3.05, 3.63) is 29.8 Å². The summed E-state index contributed by atoms with van der Waals surface area (Å²) in [4.78, 5) is 10.9. The van der Waals surface area contributed by atoms with Gasteiger partial charge in [0.2, 0.25) is 0 Å². The van der Waals surface area contributed by atoms with E-state index in [4.69, 9.17) is 9.47 Å². The Bertz CT molecular complexity index is 449.